The Morgan fingerprint density at radius 1 is 0.886 bits per heavy atom. The number of benzene rings is 1. The van der Waals surface area contributed by atoms with Crippen LogP contribution in [-0.2, 0) is 16.7 Å². The van der Waals surface area contributed by atoms with Crippen molar-refractivity contribution < 1.29 is 17.5 Å². The molecule has 35 heavy (non-hydrogen) atoms. The van der Waals surface area contributed by atoms with Crippen LogP contribution in [0, 0.1) is 6.92 Å². The SMILES string of the molecule is CCCCCCN(CCCCCC)c1ccc(/C=C/c2scc(C)[n+]2CCCCS(=O)(=O)O)cc1. The van der Waals surface area contributed by atoms with Crippen molar-refractivity contribution in [1.82, 2.24) is 0 Å². The van der Waals surface area contributed by atoms with Crippen LogP contribution in [0.3, 0.4) is 0 Å². The van der Waals surface area contributed by atoms with Gasteiger partial charge in [0.05, 0.1) is 11.1 Å². The molecule has 0 bridgehead atoms. The quantitative estimate of drug-likeness (QED) is 0.129. The van der Waals surface area contributed by atoms with Gasteiger partial charge in [0.2, 0.25) is 0 Å². The first kappa shape index (κ1) is 29.5. The van der Waals surface area contributed by atoms with E-state index in [9.17, 15) is 8.42 Å². The van der Waals surface area contributed by atoms with Gasteiger partial charge < -0.3 is 4.90 Å². The molecular weight excluding hydrogens is 476 g/mol. The molecule has 0 unspecified atom stereocenters. The Hall–Kier alpha value is -1.70. The van der Waals surface area contributed by atoms with Crippen LogP contribution in [0.4, 0.5) is 5.69 Å². The Kier molecular flexibility index (Phi) is 13.6. The molecule has 7 heteroatoms. The highest BCUT2D eigenvalue weighted by Gasteiger charge is 2.15. The summed E-state index contributed by atoms with van der Waals surface area (Å²) in [7, 11) is -3.88. The molecule has 196 valence electrons. The van der Waals surface area contributed by atoms with Crippen molar-refractivity contribution >= 4 is 39.3 Å². The predicted octanol–water partition coefficient (Wildman–Crippen LogP) is 7.15. The zero-order chi connectivity index (χ0) is 25.5. The second-order valence-electron chi connectivity index (χ2n) is 9.39. The number of anilines is 1. The number of hydrogen-bond acceptors (Lipinski definition) is 4. The van der Waals surface area contributed by atoms with Gasteiger partial charge in [-0.25, -0.2) is 0 Å². The number of unbranched alkanes of at least 4 members (excludes halogenated alkanes) is 7. The summed E-state index contributed by atoms with van der Waals surface area (Å²) in [5, 5.41) is 3.27. The third-order valence-corrected chi connectivity index (χ3v) is 8.18. The third-order valence-electron chi connectivity index (χ3n) is 6.32. The molecule has 0 atom stereocenters. The van der Waals surface area contributed by atoms with Gasteiger partial charge in [-0.1, -0.05) is 75.8 Å². The van der Waals surface area contributed by atoms with E-state index >= 15 is 0 Å². The van der Waals surface area contributed by atoms with Gasteiger partial charge in [0, 0.05) is 38.2 Å². The predicted molar refractivity (Wildman–Crippen MR) is 151 cm³/mol. The first-order valence-corrected chi connectivity index (χ1v) is 15.8. The largest absolute Gasteiger partial charge is 0.372 e. The molecule has 2 rings (SSSR count). The van der Waals surface area contributed by atoms with Crippen molar-refractivity contribution in [2.75, 3.05) is 23.7 Å². The summed E-state index contributed by atoms with van der Waals surface area (Å²) in [4.78, 5) is 2.56. The van der Waals surface area contributed by atoms with E-state index in [-0.39, 0.29) is 5.75 Å². The number of rotatable bonds is 18. The molecule has 0 saturated carbocycles. The van der Waals surface area contributed by atoms with E-state index in [0.717, 1.165) is 24.6 Å². The smallest absolute Gasteiger partial charge is 0.264 e. The molecule has 0 aliphatic carbocycles. The fourth-order valence-corrected chi connectivity index (χ4v) is 5.71. The fraction of sp³-hybridized carbons (Fsp3) is 0.607. The number of thiazole rings is 1. The minimum absolute atomic E-state index is 0.178. The maximum Gasteiger partial charge on any atom is 0.264 e. The lowest BCUT2D eigenvalue weighted by molar-refractivity contribution is -0.699. The first-order chi connectivity index (χ1) is 16.8. The highest BCUT2D eigenvalue weighted by Crippen LogP contribution is 2.20. The molecule has 0 spiro atoms. The van der Waals surface area contributed by atoms with E-state index in [0.29, 0.717) is 12.8 Å². The van der Waals surface area contributed by atoms with Crippen molar-refractivity contribution in [2.45, 2.75) is 91.5 Å². The van der Waals surface area contributed by atoms with E-state index in [1.807, 2.05) is 0 Å². The molecule has 0 saturated heterocycles. The van der Waals surface area contributed by atoms with Gasteiger partial charge in [-0.3, -0.25) is 4.55 Å². The van der Waals surface area contributed by atoms with Crippen LogP contribution in [0.5, 0.6) is 0 Å². The zero-order valence-electron chi connectivity index (χ0n) is 21.9. The van der Waals surface area contributed by atoms with E-state index in [1.54, 1.807) is 11.3 Å². The summed E-state index contributed by atoms with van der Waals surface area (Å²) in [6.07, 6.45) is 15.8. The van der Waals surface area contributed by atoms with Gasteiger partial charge in [0.25, 0.3) is 15.1 Å². The summed E-state index contributed by atoms with van der Waals surface area (Å²) in [5.74, 6) is -0.178. The molecule has 1 N–H and O–H groups in total. The lowest BCUT2D eigenvalue weighted by Crippen LogP contribution is -2.37. The van der Waals surface area contributed by atoms with Gasteiger partial charge in [-0.2, -0.15) is 13.0 Å². The topological polar surface area (TPSA) is 61.5 Å². The molecule has 0 amide bonds. The number of hydrogen-bond donors (Lipinski definition) is 1. The molecule has 5 nitrogen and oxygen atoms in total. The highest BCUT2D eigenvalue weighted by molar-refractivity contribution is 7.85. The molecule has 0 aliphatic heterocycles. The van der Waals surface area contributed by atoms with Gasteiger partial charge in [-0.05, 0) is 43.0 Å². The van der Waals surface area contributed by atoms with E-state index < -0.39 is 10.1 Å². The Labute approximate surface area is 217 Å². The minimum Gasteiger partial charge on any atom is -0.372 e. The van der Waals surface area contributed by atoms with Crippen molar-refractivity contribution in [1.29, 1.82) is 0 Å². The van der Waals surface area contributed by atoms with Crippen molar-refractivity contribution in [3.05, 3.63) is 45.9 Å². The number of aromatic nitrogens is 1. The van der Waals surface area contributed by atoms with Gasteiger partial charge in [0.15, 0.2) is 5.69 Å². The summed E-state index contributed by atoms with van der Waals surface area (Å²) in [6.45, 7) is 9.60. The van der Waals surface area contributed by atoms with Gasteiger partial charge in [-0.15, -0.1) is 0 Å². The molecule has 0 radical (unpaired) electrons. The normalized spacial score (nSPS) is 12.0. The summed E-state index contributed by atoms with van der Waals surface area (Å²) >= 11 is 1.69. The number of nitrogens with zero attached hydrogens (tertiary/aromatic N) is 2. The van der Waals surface area contributed by atoms with Crippen LogP contribution in [-0.4, -0.2) is 31.8 Å². The maximum atomic E-state index is 10.9. The van der Waals surface area contributed by atoms with Gasteiger partial charge in [0.1, 0.15) is 6.54 Å². The van der Waals surface area contributed by atoms with E-state index in [2.05, 4.69) is 72.0 Å². The Bertz CT molecular complexity index is 970. The zero-order valence-corrected chi connectivity index (χ0v) is 23.5. The third kappa shape index (κ3) is 11.7. The first-order valence-electron chi connectivity index (χ1n) is 13.3. The maximum absolute atomic E-state index is 10.9. The fourth-order valence-electron chi connectivity index (χ4n) is 4.21. The second kappa shape index (κ2) is 16.1. The summed E-state index contributed by atoms with van der Waals surface area (Å²) in [6, 6.07) is 8.91. The lowest BCUT2D eigenvalue weighted by atomic mass is 10.1. The monoisotopic (exact) mass is 521 g/mol. The standard InChI is InChI=1S/C28H44N2O3S2/c1-4-6-8-10-20-29(21-11-9-7-5-2)27-17-14-26(15-18-27)16-19-28-30(25(3)24-34-28)22-12-13-23-35(31,32)33/h14-19,24H,4-13,20-23H2,1-3H3/p+1. The molecule has 2 aromatic rings. The average Bonchev–Trinajstić information content (AvgIpc) is 3.18. The van der Waals surface area contributed by atoms with Gasteiger partial charge >= 0.3 is 0 Å². The highest BCUT2D eigenvalue weighted by atomic mass is 32.2. The van der Waals surface area contributed by atoms with Crippen LogP contribution in [0.2, 0.25) is 0 Å². The van der Waals surface area contributed by atoms with Crippen LogP contribution < -0.4 is 9.47 Å². The molecule has 1 heterocycles. The summed E-state index contributed by atoms with van der Waals surface area (Å²) in [5.41, 5.74) is 3.66. The van der Waals surface area contributed by atoms with Crippen LogP contribution in [0.1, 0.15) is 94.3 Å². The van der Waals surface area contributed by atoms with Crippen LogP contribution in [0.25, 0.3) is 12.2 Å². The average molecular weight is 522 g/mol. The Morgan fingerprint density at radius 3 is 2.09 bits per heavy atom. The van der Waals surface area contributed by atoms with Crippen LogP contribution in [0.15, 0.2) is 29.6 Å². The van der Waals surface area contributed by atoms with Crippen molar-refractivity contribution in [3.63, 3.8) is 0 Å². The molecule has 0 fully saturated rings. The molecular formula is C28H45N2O3S2+. The van der Waals surface area contributed by atoms with E-state index in [1.165, 1.54) is 68.3 Å². The molecule has 0 aliphatic rings. The second-order valence-corrected chi connectivity index (χ2v) is 11.9. The minimum atomic E-state index is -3.88. The molecule has 1 aromatic heterocycles. The Morgan fingerprint density at radius 2 is 1.51 bits per heavy atom. The van der Waals surface area contributed by atoms with Crippen molar-refractivity contribution in [3.8, 4) is 0 Å². The Balaban J connectivity index is 1.99. The summed E-state index contributed by atoms with van der Waals surface area (Å²) < 4.78 is 33.0. The lowest BCUT2D eigenvalue weighted by Gasteiger charge is -2.25. The molecule has 1 aromatic carbocycles. The van der Waals surface area contributed by atoms with Crippen LogP contribution >= 0.6 is 11.3 Å². The van der Waals surface area contributed by atoms with E-state index in [4.69, 9.17) is 4.55 Å². The van der Waals surface area contributed by atoms with Crippen molar-refractivity contribution in [2.24, 2.45) is 0 Å². The number of aryl methyl sites for hydroxylation is 1.